The van der Waals surface area contributed by atoms with Crippen LogP contribution in [0.3, 0.4) is 0 Å². The van der Waals surface area contributed by atoms with Gasteiger partial charge in [0.25, 0.3) is 0 Å². The van der Waals surface area contributed by atoms with Gasteiger partial charge in [-0.25, -0.2) is 56.7 Å². The Balaban J connectivity index is 0.000000132. The molecular weight excluding hydrogens is 1890 g/mol. The molecule has 144 heavy (non-hydrogen) atoms. The molecule has 8 aromatic heterocycles. The number of ether oxygens (including phenoxy) is 5. The van der Waals surface area contributed by atoms with Gasteiger partial charge in [0.05, 0.1) is 134 Å². The number of amides is 8. The molecule has 0 spiro atoms. The highest BCUT2D eigenvalue weighted by atomic mass is 35.5. The van der Waals surface area contributed by atoms with Crippen molar-refractivity contribution < 1.29 is 73.6 Å². The third kappa shape index (κ3) is 24.7. The van der Waals surface area contributed by atoms with Crippen LogP contribution in [0, 0.1) is 30.2 Å². The molecule has 4 aliphatic heterocycles. The number of aryl methyl sites for hydroxylation is 1. The molecule has 0 atom stereocenters. The molecule has 41 heteroatoms. The lowest BCUT2D eigenvalue weighted by atomic mass is 10.0. The molecule has 4 fully saturated rings. The molecule has 8 aromatic carbocycles. The van der Waals surface area contributed by atoms with Crippen molar-refractivity contribution in [3.8, 4) is 95.8 Å². The normalized spacial score (nSPS) is 13.5. The first-order chi connectivity index (χ1) is 70.1. The Bertz CT molecular complexity index is 6880. The predicted molar refractivity (Wildman–Crippen MR) is 539 cm³/mol. The van der Waals surface area contributed by atoms with E-state index in [2.05, 4.69) is 97.1 Å². The topological polar surface area (TPSA) is 390 Å². The second-order valence-corrected chi connectivity index (χ2v) is 33.1. The van der Waals surface area contributed by atoms with Gasteiger partial charge in [-0.3, -0.25) is 19.9 Å². The lowest BCUT2D eigenvalue weighted by Crippen LogP contribution is -2.36. The van der Waals surface area contributed by atoms with E-state index in [9.17, 15) is 32.3 Å². The number of pyridine rings is 4. The second kappa shape index (κ2) is 46.3. The summed E-state index contributed by atoms with van der Waals surface area (Å²) in [5.74, 6) is 0.727. The summed E-state index contributed by atoms with van der Waals surface area (Å²) in [5, 5.41) is 21.3. The molecule has 12 heterocycles. The van der Waals surface area contributed by atoms with Crippen molar-refractivity contribution in [1.29, 1.82) is 0 Å². The number of nitrogens with zero attached hydrogens (tertiary/aromatic N) is 12. The largest absolute Gasteiger partial charge is 0.497 e. The molecule has 20 rings (SSSR count). The van der Waals surface area contributed by atoms with E-state index in [1.165, 1.54) is 24.3 Å². The Hall–Kier alpha value is -17.1. The number of nitrogens with one attached hydrogen (secondary N) is 12. The number of anilines is 12. The SMILES string of the molecule is COc1ccc(NC(=O)Nc2cccc(-c3[nH]c(N4CCOCC4)nc3-c3ccncc3)c2F)cc1.Cc1ccc(NC(=O)Nc2cccc(-c3[nH]c(N4CCOCC4)nc3-c3ccncc3)c2F)cc1.O=C(Nc1ccc(C(F)(F)F)cc1)Nc1cccc(-c2[nH]c(N3CCOCC3)nc2-c2ccncc2)c1F.O=C(Nc1ccc(Cl)cc1)Nc1cccc(-c2[nH]c(N3CCOCC3)nc2-c2ccncc2)c1F. The van der Waals surface area contributed by atoms with E-state index in [1.54, 1.807) is 178 Å². The number of methoxy groups -OCH3 is 1. The molecule has 16 aromatic rings. The fourth-order valence-corrected chi connectivity index (χ4v) is 15.9. The van der Waals surface area contributed by atoms with Crippen molar-refractivity contribution in [3.05, 3.63) is 307 Å². The van der Waals surface area contributed by atoms with E-state index in [1.807, 2.05) is 60.4 Å². The van der Waals surface area contributed by atoms with Gasteiger partial charge in [0.15, 0.2) is 23.3 Å². The second-order valence-electron chi connectivity index (χ2n) is 32.6. The highest BCUT2D eigenvalue weighted by molar-refractivity contribution is 6.30. The van der Waals surface area contributed by atoms with Gasteiger partial charge >= 0.3 is 30.3 Å². The molecule has 4 saturated heterocycles. The van der Waals surface area contributed by atoms with Crippen molar-refractivity contribution in [2.24, 2.45) is 0 Å². The highest BCUT2D eigenvalue weighted by Gasteiger charge is 2.33. The van der Waals surface area contributed by atoms with Crippen LogP contribution in [0.15, 0.2) is 268 Å². The molecule has 0 unspecified atom stereocenters. The molecule has 4 aliphatic rings. The van der Waals surface area contributed by atoms with E-state index < -0.39 is 59.1 Å². The minimum atomic E-state index is -4.49. The summed E-state index contributed by atoms with van der Waals surface area (Å²) in [4.78, 5) is 107. The van der Waals surface area contributed by atoms with Gasteiger partial charge in [-0.2, -0.15) is 13.2 Å². The molecule has 0 bridgehead atoms. The third-order valence-corrected chi connectivity index (χ3v) is 23.4. The van der Waals surface area contributed by atoms with Crippen molar-refractivity contribution in [3.63, 3.8) is 0 Å². The van der Waals surface area contributed by atoms with Crippen LogP contribution in [0.2, 0.25) is 5.02 Å². The van der Waals surface area contributed by atoms with Gasteiger partial charge in [-0.15, -0.1) is 0 Å². The summed E-state index contributed by atoms with van der Waals surface area (Å²) < 4.78 is 128. The number of halogens is 8. The number of morpholine rings is 4. The summed E-state index contributed by atoms with van der Waals surface area (Å²) in [7, 11) is 1.56. The number of hydrogen-bond donors (Lipinski definition) is 12. The molecule has 8 amide bonds. The molecule has 0 saturated carbocycles. The van der Waals surface area contributed by atoms with E-state index >= 15 is 17.6 Å². The molecule has 0 aliphatic carbocycles. The van der Waals surface area contributed by atoms with Crippen molar-refractivity contribution >= 4 is 105 Å². The summed E-state index contributed by atoms with van der Waals surface area (Å²) in [6.07, 6.45) is 8.74. The lowest BCUT2D eigenvalue weighted by Gasteiger charge is -2.26. The Morgan fingerprint density at radius 3 is 0.806 bits per heavy atom. The van der Waals surface area contributed by atoms with Crippen LogP contribution >= 0.6 is 11.6 Å². The van der Waals surface area contributed by atoms with Gasteiger partial charge in [0, 0.05) is 174 Å². The third-order valence-electron chi connectivity index (χ3n) is 23.1. The van der Waals surface area contributed by atoms with Crippen LogP contribution in [0.4, 0.5) is 119 Å². The zero-order valence-electron chi connectivity index (χ0n) is 77.3. The van der Waals surface area contributed by atoms with E-state index in [-0.39, 0.29) is 45.1 Å². The Kier molecular flexibility index (Phi) is 31.7. The standard InChI is InChI=1S/C26H22F4N6O2.C26H25FN6O3.C26H25FN6O2.C25H22ClFN6O2/c27-21-19(2-1-3-20(21)33-25(37)32-18-6-4-17(5-7-18)26(28,29)30)23-22(16-8-10-31-11-9-16)34-24(35-23)36-12-14-38-15-13-36;1-35-19-7-5-18(6-8-19)29-26(34)30-21-4-2-3-20(22(21)27)24-23(17-9-11-28-12-10-17)31-25(32-24)33-13-15-36-16-14-33;1-17-5-7-19(8-6-17)29-26(34)30-21-4-2-3-20(22(21)27)24-23(18-9-11-28-12-10-18)31-25(32-24)33-13-15-35-16-14-33;26-17-4-6-18(7-5-17)29-25(34)30-20-3-1-2-19(21(20)27)23-22(16-8-10-28-11-9-16)31-24(32-23)33-12-14-35-15-13-33/h1-11H,12-15H2,(H,34,35)(H2,32,33,37);2-12H,13-16H2,1H3,(H,31,32)(H2,29,30,34);2-12H,13-16H2,1H3,(H,31,32)(H2,29,30,34);1-11H,12-15H2,(H,31,32)(H2,29,30,34). The molecule has 33 nitrogen and oxygen atoms in total. The number of H-pyrrole nitrogens is 4. The maximum absolute atomic E-state index is 15.8. The van der Waals surface area contributed by atoms with Crippen LogP contribution in [0.25, 0.3) is 90.1 Å². The van der Waals surface area contributed by atoms with Gasteiger partial charge in [0.1, 0.15) is 5.75 Å². The fraction of sp³-hybridized carbons (Fsp3) is 0.184. The van der Waals surface area contributed by atoms with Crippen LogP contribution in [-0.2, 0) is 25.1 Å². The fourth-order valence-electron chi connectivity index (χ4n) is 15.8. The Labute approximate surface area is 824 Å². The monoisotopic (exact) mass is 1980 g/mol. The number of alkyl halides is 3. The zero-order valence-corrected chi connectivity index (χ0v) is 78.0. The summed E-state index contributed by atoms with van der Waals surface area (Å²) in [5.41, 5.74) is 10.5. The number of hydrogen-bond acceptors (Lipinski definition) is 21. The lowest BCUT2D eigenvalue weighted by molar-refractivity contribution is -0.137. The minimum absolute atomic E-state index is 0.0390. The maximum atomic E-state index is 15.8. The van der Waals surface area contributed by atoms with Crippen molar-refractivity contribution in [2.75, 3.05) is 174 Å². The van der Waals surface area contributed by atoms with Crippen LogP contribution < -0.4 is 66.9 Å². The summed E-state index contributed by atoms with van der Waals surface area (Å²) >= 11 is 5.88. The quantitative estimate of drug-likeness (QED) is 0.0297. The molecule has 736 valence electrons. The summed E-state index contributed by atoms with van der Waals surface area (Å²) in [6, 6.07) is 55.9. The average molecular weight is 1980 g/mol. The number of carbonyl (C=O) groups excluding carboxylic acids is 4. The maximum Gasteiger partial charge on any atom is 0.416 e. The van der Waals surface area contributed by atoms with Crippen LogP contribution in [0.1, 0.15) is 11.1 Å². The number of aromatic amines is 4. The number of urea groups is 4. The minimum Gasteiger partial charge on any atom is -0.497 e. The number of rotatable bonds is 21. The van der Waals surface area contributed by atoms with Gasteiger partial charge < -0.3 is 106 Å². The molecular formula is C103H94ClF7N24O9. The molecule has 12 N–H and O–H groups in total. The van der Waals surface area contributed by atoms with Gasteiger partial charge in [0.2, 0.25) is 23.8 Å². The Morgan fingerprint density at radius 2 is 0.562 bits per heavy atom. The van der Waals surface area contributed by atoms with E-state index in [0.29, 0.717) is 208 Å². The number of imidazole rings is 4. The number of carbonyl (C=O) groups is 4. The van der Waals surface area contributed by atoms with Gasteiger partial charge in [-0.1, -0.05) is 53.6 Å². The van der Waals surface area contributed by atoms with Crippen LogP contribution in [0.5, 0.6) is 5.75 Å². The predicted octanol–water partition coefficient (Wildman–Crippen LogP) is 21.0. The first-order valence-corrected chi connectivity index (χ1v) is 45.9. The van der Waals surface area contributed by atoms with E-state index in [4.69, 9.17) is 55.2 Å². The van der Waals surface area contributed by atoms with Crippen molar-refractivity contribution in [1.82, 2.24) is 59.8 Å². The Morgan fingerprint density at radius 1 is 0.326 bits per heavy atom. The number of aromatic nitrogens is 12. The highest BCUT2D eigenvalue weighted by Crippen LogP contribution is 2.43. The first-order valence-electron chi connectivity index (χ1n) is 45.5. The first kappa shape index (κ1) is 98.5. The smallest absolute Gasteiger partial charge is 0.416 e. The zero-order chi connectivity index (χ0) is 100. The van der Waals surface area contributed by atoms with Crippen LogP contribution in [-0.4, -0.2) is 196 Å². The molecule has 0 radical (unpaired) electrons. The van der Waals surface area contributed by atoms with Crippen molar-refractivity contribution in [2.45, 2.75) is 13.1 Å². The average Bonchev–Trinajstić information content (AvgIpc) is 1.64. The summed E-state index contributed by atoms with van der Waals surface area (Å²) in [6.45, 7) is 12.0. The van der Waals surface area contributed by atoms with E-state index in [0.717, 1.165) is 52.1 Å². The number of benzene rings is 8. The van der Waals surface area contributed by atoms with Gasteiger partial charge in [-0.05, 0) is 189 Å².